The monoisotopic (exact) mass is 259 g/mol. The maximum absolute atomic E-state index is 6.08. The van der Waals surface area contributed by atoms with E-state index in [1.807, 2.05) is 6.07 Å². The lowest BCUT2D eigenvalue weighted by Gasteiger charge is -2.18. The van der Waals surface area contributed by atoms with Crippen LogP contribution in [0.3, 0.4) is 0 Å². The fraction of sp³-hybridized carbons (Fsp3) is 0.533. The third-order valence-corrected chi connectivity index (χ3v) is 4.10. The van der Waals surface area contributed by atoms with E-state index in [4.69, 9.17) is 10.5 Å². The first kappa shape index (κ1) is 12.5. The van der Waals surface area contributed by atoms with Gasteiger partial charge in [0.15, 0.2) is 0 Å². The van der Waals surface area contributed by atoms with Crippen molar-refractivity contribution in [3.63, 3.8) is 0 Å². The number of benzene rings is 1. The van der Waals surface area contributed by atoms with E-state index in [1.165, 1.54) is 5.56 Å². The van der Waals surface area contributed by atoms with Gasteiger partial charge in [0.2, 0.25) is 5.95 Å². The fourth-order valence-corrected chi connectivity index (χ4v) is 3.03. The number of imidazole rings is 1. The van der Waals surface area contributed by atoms with Gasteiger partial charge in [0.1, 0.15) is 0 Å². The van der Waals surface area contributed by atoms with Gasteiger partial charge in [0.05, 0.1) is 17.1 Å². The first-order valence-corrected chi connectivity index (χ1v) is 7.03. The van der Waals surface area contributed by atoms with Gasteiger partial charge in [-0.2, -0.15) is 0 Å². The number of hydrogen-bond acceptors (Lipinski definition) is 3. The molecule has 1 saturated heterocycles. The molecular formula is C15H21N3O. The van der Waals surface area contributed by atoms with Gasteiger partial charge in [-0.25, -0.2) is 4.98 Å². The van der Waals surface area contributed by atoms with Crippen LogP contribution in [0.15, 0.2) is 18.2 Å². The lowest BCUT2D eigenvalue weighted by molar-refractivity contribution is 0.0839. The summed E-state index contributed by atoms with van der Waals surface area (Å²) < 4.78 is 7.91. The van der Waals surface area contributed by atoms with Crippen molar-refractivity contribution >= 4 is 17.0 Å². The molecule has 1 aromatic heterocycles. The Labute approximate surface area is 113 Å². The molecule has 102 valence electrons. The summed E-state index contributed by atoms with van der Waals surface area (Å²) in [6.07, 6.45) is 2.54. The van der Waals surface area contributed by atoms with Crippen LogP contribution >= 0.6 is 0 Å². The van der Waals surface area contributed by atoms with Gasteiger partial charge >= 0.3 is 0 Å². The minimum atomic E-state index is 0.363. The average Bonchev–Trinajstić information content (AvgIpc) is 2.96. The number of nitrogens with zero attached hydrogens (tertiary/aromatic N) is 2. The van der Waals surface area contributed by atoms with Crippen molar-refractivity contribution in [3.8, 4) is 0 Å². The van der Waals surface area contributed by atoms with E-state index in [2.05, 4.69) is 35.5 Å². The minimum absolute atomic E-state index is 0.363. The van der Waals surface area contributed by atoms with Crippen LogP contribution in [-0.4, -0.2) is 22.3 Å². The van der Waals surface area contributed by atoms with Gasteiger partial charge in [-0.15, -0.1) is 0 Å². The summed E-state index contributed by atoms with van der Waals surface area (Å²) in [6.45, 7) is 6.06. The largest absolute Gasteiger partial charge is 0.378 e. The Morgan fingerprint density at radius 2 is 2.32 bits per heavy atom. The smallest absolute Gasteiger partial charge is 0.201 e. The Morgan fingerprint density at radius 3 is 3.11 bits per heavy atom. The standard InChI is InChI=1S/C15H21N3O/c1-3-14-11(6-7-19-14)9-18-13-8-10(2)4-5-12(13)17-15(18)16/h4-5,8,11,14H,3,6-7,9H2,1-2H3,(H2,16,17). The summed E-state index contributed by atoms with van der Waals surface area (Å²) in [7, 11) is 0. The quantitative estimate of drug-likeness (QED) is 0.922. The molecule has 0 radical (unpaired) electrons. The van der Waals surface area contributed by atoms with Crippen molar-refractivity contribution in [2.24, 2.45) is 5.92 Å². The van der Waals surface area contributed by atoms with Gasteiger partial charge in [-0.3, -0.25) is 0 Å². The van der Waals surface area contributed by atoms with Crippen molar-refractivity contribution in [2.45, 2.75) is 39.3 Å². The second-order valence-corrected chi connectivity index (χ2v) is 5.44. The van der Waals surface area contributed by atoms with Crippen LogP contribution in [0.2, 0.25) is 0 Å². The molecule has 0 aliphatic carbocycles. The number of rotatable bonds is 3. The molecule has 1 aromatic carbocycles. The Kier molecular flexibility index (Phi) is 3.19. The molecule has 0 bridgehead atoms. The first-order chi connectivity index (χ1) is 9.19. The fourth-order valence-electron chi connectivity index (χ4n) is 3.03. The predicted octanol–water partition coefficient (Wildman–Crippen LogP) is 2.74. The average molecular weight is 259 g/mol. The van der Waals surface area contributed by atoms with Crippen LogP contribution in [0.25, 0.3) is 11.0 Å². The Morgan fingerprint density at radius 1 is 1.47 bits per heavy atom. The molecule has 2 heterocycles. The highest BCUT2D eigenvalue weighted by Crippen LogP contribution is 2.28. The number of anilines is 1. The molecule has 4 heteroatoms. The Bertz CT molecular complexity index is 590. The van der Waals surface area contributed by atoms with Crippen LogP contribution < -0.4 is 5.73 Å². The molecule has 3 rings (SSSR count). The number of aryl methyl sites for hydroxylation is 1. The van der Waals surface area contributed by atoms with Gasteiger partial charge in [0.25, 0.3) is 0 Å². The van der Waals surface area contributed by atoms with Gasteiger partial charge in [0, 0.05) is 19.1 Å². The number of ether oxygens (including phenoxy) is 1. The SMILES string of the molecule is CCC1OCCC1Cn1c(N)nc2ccc(C)cc21. The molecule has 4 nitrogen and oxygen atoms in total. The molecule has 1 fully saturated rings. The van der Waals surface area contributed by atoms with Crippen LogP contribution in [0.4, 0.5) is 5.95 Å². The molecule has 2 unspecified atom stereocenters. The molecule has 1 aliphatic rings. The maximum Gasteiger partial charge on any atom is 0.201 e. The molecule has 1 aliphatic heterocycles. The highest BCUT2D eigenvalue weighted by Gasteiger charge is 2.28. The summed E-state index contributed by atoms with van der Waals surface area (Å²) in [5.74, 6) is 1.16. The van der Waals surface area contributed by atoms with E-state index >= 15 is 0 Å². The van der Waals surface area contributed by atoms with E-state index in [0.717, 1.165) is 37.0 Å². The summed E-state index contributed by atoms with van der Waals surface area (Å²) in [5.41, 5.74) is 9.44. The molecule has 2 N–H and O–H groups in total. The number of aromatic nitrogens is 2. The van der Waals surface area contributed by atoms with Crippen molar-refractivity contribution in [2.75, 3.05) is 12.3 Å². The van der Waals surface area contributed by atoms with E-state index in [9.17, 15) is 0 Å². The molecule has 0 spiro atoms. The number of fused-ring (bicyclic) bond motifs is 1. The van der Waals surface area contributed by atoms with Gasteiger partial charge in [-0.05, 0) is 37.5 Å². The van der Waals surface area contributed by atoms with Crippen LogP contribution in [0, 0.1) is 12.8 Å². The second kappa shape index (κ2) is 4.85. The Balaban J connectivity index is 1.95. The van der Waals surface area contributed by atoms with Crippen molar-refractivity contribution < 1.29 is 4.74 Å². The number of nitrogens with two attached hydrogens (primary N) is 1. The normalized spacial score (nSPS) is 23.3. The summed E-state index contributed by atoms with van der Waals surface area (Å²) in [6, 6.07) is 6.28. The van der Waals surface area contributed by atoms with Gasteiger partial charge < -0.3 is 15.0 Å². The molecule has 19 heavy (non-hydrogen) atoms. The van der Waals surface area contributed by atoms with Crippen molar-refractivity contribution in [1.29, 1.82) is 0 Å². The highest BCUT2D eigenvalue weighted by molar-refractivity contribution is 5.79. The number of hydrogen-bond donors (Lipinski definition) is 1. The summed E-state index contributed by atoms with van der Waals surface area (Å²) >= 11 is 0. The van der Waals surface area contributed by atoms with E-state index in [0.29, 0.717) is 18.0 Å². The zero-order chi connectivity index (χ0) is 13.4. The topological polar surface area (TPSA) is 53.1 Å². The third-order valence-electron chi connectivity index (χ3n) is 4.10. The Hall–Kier alpha value is -1.55. The molecule has 0 saturated carbocycles. The zero-order valence-electron chi connectivity index (χ0n) is 11.6. The summed E-state index contributed by atoms with van der Waals surface area (Å²) in [4.78, 5) is 4.45. The van der Waals surface area contributed by atoms with E-state index in [-0.39, 0.29) is 0 Å². The van der Waals surface area contributed by atoms with Crippen LogP contribution in [0.1, 0.15) is 25.3 Å². The van der Waals surface area contributed by atoms with Crippen LogP contribution in [0.5, 0.6) is 0 Å². The van der Waals surface area contributed by atoms with Crippen molar-refractivity contribution in [1.82, 2.24) is 9.55 Å². The summed E-state index contributed by atoms with van der Waals surface area (Å²) in [5, 5.41) is 0. The minimum Gasteiger partial charge on any atom is -0.378 e. The van der Waals surface area contributed by atoms with Gasteiger partial charge in [-0.1, -0.05) is 13.0 Å². The maximum atomic E-state index is 6.08. The van der Waals surface area contributed by atoms with Crippen LogP contribution in [-0.2, 0) is 11.3 Å². The molecular weight excluding hydrogens is 238 g/mol. The lowest BCUT2D eigenvalue weighted by Crippen LogP contribution is -2.21. The van der Waals surface area contributed by atoms with E-state index < -0.39 is 0 Å². The predicted molar refractivity (Wildman–Crippen MR) is 77.0 cm³/mol. The number of nitrogen functional groups attached to an aromatic ring is 1. The molecule has 2 aromatic rings. The molecule has 2 atom stereocenters. The highest BCUT2D eigenvalue weighted by atomic mass is 16.5. The molecule has 0 amide bonds. The third kappa shape index (κ3) is 2.21. The first-order valence-electron chi connectivity index (χ1n) is 7.03. The van der Waals surface area contributed by atoms with Crippen molar-refractivity contribution in [3.05, 3.63) is 23.8 Å². The zero-order valence-corrected chi connectivity index (χ0v) is 11.6. The van der Waals surface area contributed by atoms with E-state index in [1.54, 1.807) is 0 Å². The lowest BCUT2D eigenvalue weighted by atomic mass is 9.99. The second-order valence-electron chi connectivity index (χ2n) is 5.44.